The number of ether oxygens (including phenoxy) is 1. The lowest BCUT2D eigenvalue weighted by Gasteiger charge is -2.37. The van der Waals surface area contributed by atoms with Gasteiger partial charge in [0.15, 0.2) is 0 Å². The number of hydrogen-bond donors (Lipinski definition) is 1. The predicted octanol–water partition coefficient (Wildman–Crippen LogP) is 1.87. The summed E-state index contributed by atoms with van der Waals surface area (Å²) in [4.78, 5) is 0.651. The Morgan fingerprint density at radius 1 is 1.75 bits per heavy atom. The second kappa shape index (κ2) is 3.71. The molecule has 0 bridgehead atoms. The maximum Gasteiger partial charge on any atom is 0.0760 e. The minimum atomic E-state index is 0.00630. The van der Waals surface area contributed by atoms with Gasteiger partial charge in [0.2, 0.25) is 0 Å². The number of thiocarbonyl (C=S) groups is 1. The van der Waals surface area contributed by atoms with Gasteiger partial charge in [-0.25, -0.2) is 0 Å². The zero-order valence-electron chi connectivity index (χ0n) is 7.80. The first-order chi connectivity index (χ1) is 5.57. The second-order valence-corrected chi connectivity index (χ2v) is 4.22. The molecule has 1 rings (SSSR count). The molecular formula is C9H17NOS. The molecule has 0 aromatic heterocycles. The highest BCUT2D eigenvalue weighted by Crippen LogP contribution is 2.31. The molecule has 0 unspecified atom stereocenters. The van der Waals surface area contributed by atoms with E-state index in [1.165, 1.54) is 0 Å². The standard InChI is InChI=1S/C9H17NOS/c1-3-9(2)6-7(8(10)12)4-5-11-9/h7H,3-6H2,1-2H3,(H2,10,12)/t7-,9-/m0/s1. The van der Waals surface area contributed by atoms with Crippen LogP contribution in [0.3, 0.4) is 0 Å². The third-order valence-corrected chi connectivity index (χ3v) is 3.08. The summed E-state index contributed by atoms with van der Waals surface area (Å²) >= 11 is 4.99. The van der Waals surface area contributed by atoms with E-state index in [1.54, 1.807) is 0 Å². The molecule has 2 atom stereocenters. The molecule has 70 valence electrons. The maximum atomic E-state index is 5.68. The largest absolute Gasteiger partial charge is 0.393 e. The number of nitrogens with two attached hydrogens (primary N) is 1. The van der Waals surface area contributed by atoms with Gasteiger partial charge in [-0.3, -0.25) is 0 Å². The summed E-state index contributed by atoms with van der Waals surface area (Å²) in [5.41, 5.74) is 5.63. The van der Waals surface area contributed by atoms with E-state index in [1.807, 2.05) is 0 Å². The zero-order chi connectivity index (χ0) is 9.19. The fourth-order valence-corrected chi connectivity index (χ4v) is 1.82. The van der Waals surface area contributed by atoms with Crippen molar-refractivity contribution in [1.29, 1.82) is 0 Å². The van der Waals surface area contributed by atoms with Crippen molar-refractivity contribution in [2.45, 2.75) is 38.7 Å². The topological polar surface area (TPSA) is 35.2 Å². The fraction of sp³-hybridized carbons (Fsp3) is 0.889. The van der Waals surface area contributed by atoms with E-state index in [4.69, 9.17) is 22.7 Å². The Hall–Kier alpha value is -0.150. The van der Waals surface area contributed by atoms with E-state index < -0.39 is 0 Å². The highest BCUT2D eigenvalue weighted by atomic mass is 32.1. The molecule has 1 saturated heterocycles. The summed E-state index contributed by atoms with van der Waals surface area (Å²) in [5, 5.41) is 0. The lowest BCUT2D eigenvalue weighted by Crippen LogP contribution is -2.40. The van der Waals surface area contributed by atoms with Gasteiger partial charge in [0, 0.05) is 12.5 Å². The normalized spacial score (nSPS) is 36.3. The van der Waals surface area contributed by atoms with Gasteiger partial charge in [0.1, 0.15) is 0 Å². The molecule has 3 heteroatoms. The lowest BCUT2D eigenvalue weighted by atomic mass is 9.85. The molecule has 0 aromatic rings. The summed E-state index contributed by atoms with van der Waals surface area (Å²) in [6.45, 7) is 5.08. The summed E-state index contributed by atoms with van der Waals surface area (Å²) < 4.78 is 5.68. The molecule has 1 aliphatic rings. The average Bonchev–Trinajstić information content (AvgIpc) is 2.05. The van der Waals surface area contributed by atoms with Gasteiger partial charge in [-0.2, -0.15) is 0 Å². The fourth-order valence-electron chi connectivity index (χ4n) is 1.62. The van der Waals surface area contributed by atoms with E-state index in [9.17, 15) is 0 Å². The predicted molar refractivity (Wildman–Crippen MR) is 54.2 cm³/mol. The van der Waals surface area contributed by atoms with Crippen molar-refractivity contribution in [3.8, 4) is 0 Å². The first kappa shape index (κ1) is 9.93. The van der Waals surface area contributed by atoms with Gasteiger partial charge in [-0.15, -0.1) is 0 Å². The van der Waals surface area contributed by atoms with Crippen LogP contribution < -0.4 is 5.73 Å². The van der Waals surface area contributed by atoms with Crippen LogP contribution in [0.1, 0.15) is 33.1 Å². The van der Waals surface area contributed by atoms with E-state index >= 15 is 0 Å². The first-order valence-electron chi connectivity index (χ1n) is 4.50. The molecule has 1 heterocycles. The smallest absolute Gasteiger partial charge is 0.0760 e. The summed E-state index contributed by atoms with van der Waals surface area (Å²) in [5.74, 6) is 0.388. The van der Waals surface area contributed by atoms with E-state index in [-0.39, 0.29) is 5.60 Å². The molecule has 0 radical (unpaired) electrons. The maximum absolute atomic E-state index is 5.68. The van der Waals surface area contributed by atoms with Gasteiger partial charge in [0.25, 0.3) is 0 Å². The first-order valence-corrected chi connectivity index (χ1v) is 4.91. The summed E-state index contributed by atoms with van der Waals surface area (Å²) in [6, 6.07) is 0. The number of rotatable bonds is 2. The van der Waals surface area contributed by atoms with Crippen LogP contribution in [0.25, 0.3) is 0 Å². The molecule has 12 heavy (non-hydrogen) atoms. The third kappa shape index (κ3) is 2.17. The van der Waals surface area contributed by atoms with Crippen LogP contribution in [0.5, 0.6) is 0 Å². The van der Waals surface area contributed by atoms with Gasteiger partial charge in [0.05, 0.1) is 10.6 Å². The second-order valence-electron chi connectivity index (χ2n) is 3.74. The minimum Gasteiger partial charge on any atom is -0.393 e. The minimum absolute atomic E-state index is 0.00630. The van der Waals surface area contributed by atoms with Gasteiger partial charge < -0.3 is 10.5 Å². The van der Waals surface area contributed by atoms with Crippen molar-refractivity contribution in [3.63, 3.8) is 0 Å². The molecule has 0 aromatic carbocycles. The van der Waals surface area contributed by atoms with Crippen LogP contribution in [-0.4, -0.2) is 17.2 Å². The van der Waals surface area contributed by atoms with Crippen LogP contribution in [0, 0.1) is 5.92 Å². The van der Waals surface area contributed by atoms with E-state index in [0.717, 1.165) is 25.9 Å². The van der Waals surface area contributed by atoms with Crippen LogP contribution in [0.4, 0.5) is 0 Å². The van der Waals surface area contributed by atoms with Crippen molar-refractivity contribution in [3.05, 3.63) is 0 Å². The lowest BCUT2D eigenvalue weighted by molar-refractivity contribution is -0.0766. The Morgan fingerprint density at radius 3 is 2.92 bits per heavy atom. The van der Waals surface area contributed by atoms with Crippen LogP contribution >= 0.6 is 12.2 Å². The highest BCUT2D eigenvalue weighted by Gasteiger charge is 2.32. The summed E-state index contributed by atoms with van der Waals surface area (Å²) in [6.07, 6.45) is 3.01. The SMILES string of the molecule is CC[C@@]1(C)C[C@@H](C(N)=S)CCO1. The van der Waals surface area contributed by atoms with Crippen molar-refractivity contribution < 1.29 is 4.74 Å². The Morgan fingerprint density at radius 2 is 2.42 bits per heavy atom. The Kier molecular flexibility index (Phi) is 3.07. The van der Waals surface area contributed by atoms with Gasteiger partial charge in [-0.05, 0) is 26.2 Å². The molecule has 2 N–H and O–H groups in total. The van der Waals surface area contributed by atoms with Crippen molar-refractivity contribution >= 4 is 17.2 Å². The molecule has 0 aliphatic carbocycles. The zero-order valence-corrected chi connectivity index (χ0v) is 8.62. The third-order valence-electron chi connectivity index (χ3n) is 2.75. The highest BCUT2D eigenvalue weighted by molar-refractivity contribution is 7.80. The molecule has 1 aliphatic heterocycles. The Balaban J connectivity index is 2.57. The monoisotopic (exact) mass is 187 g/mol. The van der Waals surface area contributed by atoms with Crippen molar-refractivity contribution in [1.82, 2.24) is 0 Å². The van der Waals surface area contributed by atoms with Gasteiger partial charge in [-0.1, -0.05) is 19.1 Å². The van der Waals surface area contributed by atoms with E-state index in [2.05, 4.69) is 13.8 Å². The van der Waals surface area contributed by atoms with Crippen molar-refractivity contribution in [2.75, 3.05) is 6.61 Å². The van der Waals surface area contributed by atoms with Crippen LogP contribution in [0.2, 0.25) is 0 Å². The van der Waals surface area contributed by atoms with Gasteiger partial charge >= 0.3 is 0 Å². The van der Waals surface area contributed by atoms with Crippen molar-refractivity contribution in [2.24, 2.45) is 11.7 Å². The molecule has 0 saturated carbocycles. The molecule has 1 fully saturated rings. The van der Waals surface area contributed by atoms with E-state index in [0.29, 0.717) is 10.9 Å². The van der Waals surface area contributed by atoms with Crippen LogP contribution in [0.15, 0.2) is 0 Å². The summed E-state index contributed by atoms with van der Waals surface area (Å²) in [7, 11) is 0. The number of hydrogen-bond acceptors (Lipinski definition) is 2. The average molecular weight is 187 g/mol. The molecular weight excluding hydrogens is 170 g/mol. The molecule has 0 spiro atoms. The Bertz CT molecular complexity index is 183. The Labute approximate surface area is 79.5 Å². The molecule has 0 amide bonds. The molecule has 2 nitrogen and oxygen atoms in total. The quantitative estimate of drug-likeness (QED) is 0.670. The van der Waals surface area contributed by atoms with Crippen LogP contribution in [-0.2, 0) is 4.74 Å².